The van der Waals surface area contributed by atoms with Gasteiger partial charge in [0.15, 0.2) is 23.3 Å². The maximum absolute atomic E-state index is 13.9. The first-order valence-corrected chi connectivity index (χ1v) is 8.98. The number of fused-ring (bicyclic) bond motifs is 1. The Balaban J connectivity index is 2.03. The molecule has 5 nitrogen and oxygen atoms in total. The third-order valence-electron chi connectivity index (χ3n) is 4.49. The minimum atomic E-state index is -2.37. The van der Waals surface area contributed by atoms with Crippen LogP contribution in [0.4, 0.5) is 27.0 Å². The van der Waals surface area contributed by atoms with Gasteiger partial charge in [-0.25, -0.2) is 22.0 Å². The smallest absolute Gasteiger partial charge is 0.262 e. The number of amides is 2. The number of thiophene rings is 1. The van der Waals surface area contributed by atoms with E-state index in [-0.39, 0.29) is 10.6 Å². The van der Waals surface area contributed by atoms with Crippen molar-refractivity contribution in [1.29, 1.82) is 0 Å². The van der Waals surface area contributed by atoms with Crippen molar-refractivity contribution in [3.8, 4) is 0 Å². The fourth-order valence-electron chi connectivity index (χ4n) is 3.04. The number of benzene rings is 1. The zero-order valence-electron chi connectivity index (χ0n) is 14.5. The summed E-state index contributed by atoms with van der Waals surface area (Å²) >= 11 is 0.975. The van der Waals surface area contributed by atoms with Crippen LogP contribution in [0, 0.1) is 29.1 Å². The maximum atomic E-state index is 13.9. The van der Waals surface area contributed by atoms with E-state index in [1.165, 1.54) is 0 Å². The number of anilines is 1. The average molecular weight is 419 g/mol. The number of carbonyl (C=O) groups is 2. The first-order valence-electron chi connectivity index (χ1n) is 8.16. The normalized spacial score (nSPS) is 14.1. The Bertz CT molecular complexity index is 963. The number of likely N-dealkylation sites (N-methyl/N-ethyl adjacent to an activating group) is 1. The molecule has 1 aliphatic rings. The van der Waals surface area contributed by atoms with Gasteiger partial charge in [0.05, 0.1) is 5.56 Å². The molecule has 0 saturated carbocycles. The first kappa shape index (κ1) is 20.2. The van der Waals surface area contributed by atoms with Crippen LogP contribution in [-0.2, 0) is 13.0 Å². The van der Waals surface area contributed by atoms with Crippen LogP contribution in [-0.4, -0.2) is 29.8 Å². The molecule has 0 atom stereocenters. The molecule has 0 spiro atoms. The number of carbonyl (C=O) groups excluding carboxylic acids is 2. The van der Waals surface area contributed by atoms with E-state index >= 15 is 0 Å². The zero-order chi connectivity index (χ0) is 20.7. The second kappa shape index (κ2) is 7.47. The third kappa shape index (κ3) is 3.24. The van der Waals surface area contributed by atoms with E-state index in [1.807, 2.05) is 6.92 Å². The Morgan fingerprint density at radius 1 is 1.04 bits per heavy atom. The lowest BCUT2D eigenvalue weighted by Crippen LogP contribution is -2.30. The molecule has 0 saturated heterocycles. The van der Waals surface area contributed by atoms with Crippen molar-refractivity contribution < 1.29 is 31.5 Å². The summed E-state index contributed by atoms with van der Waals surface area (Å²) < 4.78 is 67.6. The van der Waals surface area contributed by atoms with Crippen molar-refractivity contribution in [3.63, 3.8) is 0 Å². The quantitative estimate of drug-likeness (QED) is 0.454. The van der Waals surface area contributed by atoms with E-state index in [4.69, 9.17) is 5.73 Å². The summed E-state index contributed by atoms with van der Waals surface area (Å²) in [5.41, 5.74) is 4.33. The van der Waals surface area contributed by atoms with Crippen molar-refractivity contribution in [3.05, 3.63) is 50.7 Å². The van der Waals surface area contributed by atoms with Gasteiger partial charge in [-0.3, -0.25) is 14.5 Å². The molecular formula is C17H14F5N3O2S. The highest BCUT2D eigenvalue weighted by Gasteiger charge is 2.32. The molecule has 150 valence electrons. The average Bonchev–Trinajstić information content (AvgIpc) is 3.01. The molecule has 1 aliphatic heterocycles. The van der Waals surface area contributed by atoms with E-state index in [9.17, 15) is 31.5 Å². The second-order valence-corrected chi connectivity index (χ2v) is 7.20. The summed E-state index contributed by atoms with van der Waals surface area (Å²) in [6.07, 6.45) is 0.469. The van der Waals surface area contributed by atoms with Crippen LogP contribution in [0.25, 0.3) is 0 Å². The molecule has 0 fully saturated rings. The van der Waals surface area contributed by atoms with Gasteiger partial charge in [-0.05, 0) is 18.5 Å². The summed E-state index contributed by atoms with van der Waals surface area (Å²) in [7, 11) is 0. The van der Waals surface area contributed by atoms with Gasteiger partial charge < -0.3 is 11.1 Å². The predicted octanol–water partition coefficient (Wildman–Crippen LogP) is 3.17. The highest BCUT2D eigenvalue weighted by atomic mass is 32.1. The molecule has 28 heavy (non-hydrogen) atoms. The van der Waals surface area contributed by atoms with Crippen LogP contribution < -0.4 is 11.1 Å². The van der Waals surface area contributed by atoms with Crippen LogP contribution >= 0.6 is 11.3 Å². The summed E-state index contributed by atoms with van der Waals surface area (Å²) in [6.45, 7) is 3.82. The van der Waals surface area contributed by atoms with E-state index in [0.717, 1.165) is 22.8 Å². The van der Waals surface area contributed by atoms with E-state index in [1.54, 1.807) is 0 Å². The lowest BCUT2D eigenvalue weighted by molar-refractivity contribution is 0.1000. The zero-order valence-corrected chi connectivity index (χ0v) is 15.3. The molecule has 2 aromatic rings. The van der Waals surface area contributed by atoms with Gasteiger partial charge in [-0.1, -0.05) is 6.92 Å². The highest BCUT2D eigenvalue weighted by molar-refractivity contribution is 7.17. The van der Waals surface area contributed by atoms with Crippen LogP contribution in [0.1, 0.15) is 38.1 Å². The molecule has 0 radical (unpaired) electrons. The van der Waals surface area contributed by atoms with Crippen LogP contribution in [0.3, 0.4) is 0 Å². The van der Waals surface area contributed by atoms with Gasteiger partial charge >= 0.3 is 0 Å². The lowest BCUT2D eigenvalue weighted by Gasteiger charge is -2.25. The number of rotatable bonds is 4. The van der Waals surface area contributed by atoms with Gasteiger partial charge in [0.1, 0.15) is 10.6 Å². The Labute approximate surface area is 159 Å². The number of nitrogens with two attached hydrogens (primary N) is 1. The lowest BCUT2D eigenvalue weighted by atomic mass is 10.0. The van der Waals surface area contributed by atoms with Gasteiger partial charge in [-0.2, -0.15) is 0 Å². The monoisotopic (exact) mass is 419 g/mol. The Morgan fingerprint density at radius 2 is 1.61 bits per heavy atom. The standard InChI is InChI=1S/C17H14F5N3O2S/c1-2-25-4-3-6-7(5-25)28-17(8(6)15(23)26)24-16(27)9-10(18)12(20)14(22)13(21)11(9)19/h2-5H2,1H3,(H2,23,26)(H,24,27). The second-order valence-electron chi connectivity index (χ2n) is 6.09. The van der Waals surface area contributed by atoms with Gasteiger partial charge in [0, 0.05) is 18.0 Å². The largest absolute Gasteiger partial charge is 0.365 e. The molecule has 3 rings (SSSR count). The maximum Gasteiger partial charge on any atom is 0.262 e. The molecule has 0 unspecified atom stereocenters. The minimum Gasteiger partial charge on any atom is -0.365 e. The molecule has 2 amide bonds. The first-order chi connectivity index (χ1) is 13.2. The number of halogens is 5. The summed E-state index contributed by atoms with van der Waals surface area (Å²) in [4.78, 5) is 26.9. The van der Waals surface area contributed by atoms with Crippen molar-refractivity contribution >= 4 is 28.2 Å². The molecule has 1 aromatic carbocycles. The van der Waals surface area contributed by atoms with E-state index in [2.05, 4.69) is 10.2 Å². The summed E-state index contributed by atoms with van der Waals surface area (Å²) in [5, 5.41) is 1.99. The van der Waals surface area contributed by atoms with Crippen LogP contribution in [0.15, 0.2) is 0 Å². The van der Waals surface area contributed by atoms with Crippen molar-refractivity contribution in [2.75, 3.05) is 18.4 Å². The Hall–Kier alpha value is -2.53. The number of nitrogens with one attached hydrogen (secondary N) is 1. The predicted molar refractivity (Wildman–Crippen MR) is 91.7 cm³/mol. The highest BCUT2D eigenvalue weighted by Crippen LogP contribution is 2.37. The molecule has 3 N–H and O–H groups in total. The molecule has 0 bridgehead atoms. The third-order valence-corrected chi connectivity index (χ3v) is 5.63. The fraction of sp³-hybridized carbons (Fsp3) is 0.294. The number of hydrogen-bond donors (Lipinski definition) is 2. The Morgan fingerprint density at radius 3 is 2.14 bits per heavy atom. The van der Waals surface area contributed by atoms with Gasteiger partial charge in [-0.15, -0.1) is 11.3 Å². The molecule has 2 heterocycles. The Kier molecular flexibility index (Phi) is 5.39. The van der Waals surface area contributed by atoms with E-state index < -0.39 is 46.5 Å². The van der Waals surface area contributed by atoms with Crippen molar-refractivity contribution in [2.45, 2.75) is 19.9 Å². The number of primary amides is 1. The van der Waals surface area contributed by atoms with Crippen molar-refractivity contribution in [2.24, 2.45) is 5.73 Å². The minimum absolute atomic E-state index is 0.0204. The van der Waals surface area contributed by atoms with Crippen LogP contribution in [0.2, 0.25) is 0 Å². The van der Waals surface area contributed by atoms with Crippen molar-refractivity contribution in [1.82, 2.24) is 4.90 Å². The summed E-state index contributed by atoms with van der Waals surface area (Å²) in [6, 6.07) is 0. The molecule has 11 heteroatoms. The van der Waals surface area contributed by atoms with Gasteiger partial charge in [0.2, 0.25) is 5.82 Å². The summed E-state index contributed by atoms with van der Waals surface area (Å²) in [5.74, 6) is -13.8. The SMILES string of the molecule is CCN1CCc2c(sc(NC(=O)c3c(F)c(F)c(F)c(F)c3F)c2C(N)=O)C1. The molecular weight excluding hydrogens is 405 g/mol. The number of hydrogen-bond acceptors (Lipinski definition) is 4. The molecule has 0 aliphatic carbocycles. The topological polar surface area (TPSA) is 75.4 Å². The van der Waals surface area contributed by atoms with Gasteiger partial charge in [0.25, 0.3) is 11.8 Å². The molecule has 1 aromatic heterocycles. The number of nitrogens with zero attached hydrogens (tertiary/aromatic N) is 1. The van der Waals surface area contributed by atoms with E-state index in [0.29, 0.717) is 25.1 Å². The fourth-order valence-corrected chi connectivity index (χ4v) is 4.34. The van der Waals surface area contributed by atoms with Crippen LogP contribution in [0.5, 0.6) is 0 Å².